The second kappa shape index (κ2) is 13.0. The van der Waals surface area contributed by atoms with Gasteiger partial charge in [-0.05, 0) is 81.6 Å². The van der Waals surface area contributed by atoms with Crippen LogP contribution >= 0.6 is 0 Å². The Hall–Kier alpha value is -3.05. The van der Waals surface area contributed by atoms with Gasteiger partial charge in [0.1, 0.15) is 22.8 Å². The minimum Gasteiger partial charge on any atom is -0.480 e. The average Bonchev–Trinajstić information content (AvgIpc) is 2.54. The van der Waals surface area contributed by atoms with Crippen LogP contribution in [0.25, 0.3) is 0 Å². The molecule has 1 atom stereocenters. The Labute approximate surface area is 201 Å². The predicted molar refractivity (Wildman–Crippen MR) is 126 cm³/mol. The van der Waals surface area contributed by atoms with Crippen LogP contribution in [0.1, 0.15) is 81.6 Å². The lowest BCUT2D eigenvalue weighted by molar-refractivity contribution is -0.139. The number of hydrogen-bond acceptors (Lipinski definition) is 8. The maximum Gasteiger partial charge on any atom is 0.414 e. The third-order valence-electron chi connectivity index (χ3n) is 3.40. The highest BCUT2D eigenvalue weighted by Gasteiger charge is 2.24. The smallest absolute Gasteiger partial charge is 0.414 e. The third-order valence-corrected chi connectivity index (χ3v) is 3.40. The number of aliphatic imine (C=N–C) groups is 1. The van der Waals surface area contributed by atoms with Gasteiger partial charge in [-0.1, -0.05) is 0 Å². The van der Waals surface area contributed by atoms with Gasteiger partial charge in [-0.25, -0.2) is 19.2 Å². The largest absolute Gasteiger partial charge is 0.480 e. The van der Waals surface area contributed by atoms with Gasteiger partial charge in [0, 0.05) is 6.54 Å². The van der Waals surface area contributed by atoms with Crippen molar-refractivity contribution < 1.29 is 38.5 Å². The summed E-state index contributed by atoms with van der Waals surface area (Å²) >= 11 is 0. The van der Waals surface area contributed by atoms with Crippen LogP contribution in [0, 0.1) is 0 Å². The van der Waals surface area contributed by atoms with E-state index in [1.54, 1.807) is 62.3 Å². The zero-order valence-electron chi connectivity index (χ0n) is 21.7. The van der Waals surface area contributed by atoms with Crippen LogP contribution in [0.3, 0.4) is 0 Å². The molecule has 0 aromatic heterocycles. The van der Waals surface area contributed by atoms with Crippen molar-refractivity contribution in [2.24, 2.45) is 4.99 Å². The van der Waals surface area contributed by atoms with E-state index in [1.165, 1.54) is 0 Å². The first kappa shape index (κ1) is 30.9. The summed E-state index contributed by atoms with van der Waals surface area (Å²) in [6.45, 7) is 15.3. The van der Waals surface area contributed by atoms with E-state index in [9.17, 15) is 24.3 Å². The molecule has 0 saturated heterocycles. The van der Waals surface area contributed by atoms with Crippen molar-refractivity contribution in [2.45, 2.75) is 104 Å². The number of ether oxygens (including phenoxy) is 3. The molecule has 0 aromatic rings. The molecule has 34 heavy (non-hydrogen) atoms. The van der Waals surface area contributed by atoms with Gasteiger partial charge in [0.15, 0.2) is 0 Å². The number of alkyl carbamates (subject to hydrolysis) is 3. The summed E-state index contributed by atoms with van der Waals surface area (Å²) in [5, 5.41) is 16.4. The van der Waals surface area contributed by atoms with Crippen LogP contribution < -0.4 is 16.0 Å². The average molecular weight is 489 g/mol. The van der Waals surface area contributed by atoms with Crippen LogP contribution in [-0.4, -0.2) is 64.7 Å². The number of unbranched alkanes of at least 4 members (excludes halogenated alkanes) is 1. The van der Waals surface area contributed by atoms with E-state index >= 15 is 0 Å². The Morgan fingerprint density at radius 2 is 1.15 bits per heavy atom. The Kier molecular flexibility index (Phi) is 11.8. The van der Waals surface area contributed by atoms with Crippen LogP contribution in [0.15, 0.2) is 4.99 Å². The molecule has 0 aliphatic rings. The number of aliphatic carboxylic acids is 1. The van der Waals surface area contributed by atoms with Crippen molar-refractivity contribution in [1.82, 2.24) is 16.0 Å². The van der Waals surface area contributed by atoms with E-state index in [0.29, 0.717) is 12.8 Å². The number of nitrogens with zero attached hydrogens (tertiary/aromatic N) is 1. The molecule has 4 N–H and O–H groups in total. The molecular weight excluding hydrogens is 448 g/mol. The first-order valence-electron chi connectivity index (χ1n) is 11.0. The summed E-state index contributed by atoms with van der Waals surface area (Å²) in [4.78, 5) is 51.5. The Morgan fingerprint density at radius 1 is 0.735 bits per heavy atom. The number of rotatable bonds is 7. The summed E-state index contributed by atoms with van der Waals surface area (Å²) in [6.07, 6.45) is -1.50. The molecule has 3 amide bonds. The molecule has 12 nitrogen and oxygen atoms in total. The molecule has 196 valence electrons. The van der Waals surface area contributed by atoms with Crippen molar-refractivity contribution in [2.75, 3.05) is 6.54 Å². The SMILES string of the molecule is CC(C)(C)OC(=O)NC(=NCCCC[C@H](NC(=O)OC(C)(C)C)C(=O)O)NC(=O)OC(C)(C)C. The molecule has 0 radical (unpaired) electrons. The van der Waals surface area contributed by atoms with Gasteiger partial charge in [-0.3, -0.25) is 15.6 Å². The topological polar surface area (TPSA) is 165 Å². The summed E-state index contributed by atoms with van der Waals surface area (Å²) in [5.74, 6) is -1.35. The Morgan fingerprint density at radius 3 is 1.53 bits per heavy atom. The number of carbonyl (C=O) groups is 4. The number of carboxylic acids is 1. The lowest BCUT2D eigenvalue weighted by Crippen LogP contribution is -2.47. The summed E-state index contributed by atoms with van der Waals surface area (Å²) in [7, 11) is 0. The molecule has 0 spiro atoms. The standard InChI is InChI=1S/C22H40N4O8/c1-20(2,3)32-17(29)24-14(15(27)28)12-10-11-13-23-16(25-18(30)33-21(4,5)6)26-19(31)34-22(7,8)9/h14H,10-13H2,1-9H3,(H,24,29)(H,27,28)(H2,23,25,26,30,31)/t14-/m0/s1. The van der Waals surface area contributed by atoms with Gasteiger partial charge in [-0.2, -0.15) is 0 Å². The van der Waals surface area contributed by atoms with Crippen molar-refractivity contribution in [3.8, 4) is 0 Å². The maximum atomic E-state index is 12.1. The lowest BCUT2D eigenvalue weighted by Gasteiger charge is -2.22. The zero-order chi connectivity index (χ0) is 26.7. The maximum absolute atomic E-state index is 12.1. The van der Waals surface area contributed by atoms with Crippen LogP contribution in [0.4, 0.5) is 14.4 Å². The minimum atomic E-state index is -1.19. The fourth-order valence-electron chi connectivity index (χ4n) is 2.27. The van der Waals surface area contributed by atoms with Gasteiger partial charge >= 0.3 is 24.2 Å². The molecule has 0 unspecified atom stereocenters. The van der Waals surface area contributed by atoms with Gasteiger partial charge in [-0.15, -0.1) is 0 Å². The normalized spacial score (nSPS) is 12.6. The van der Waals surface area contributed by atoms with E-state index in [4.69, 9.17) is 14.2 Å². The number of amides is 3. The van der Waals surface area contributed by atoms with Gasteiger partial charge in [0.25, 0.3) is 0 Å². The monoisotopic (exact) mass is 488 g/mol. The van der Waals surface area contributed by atoms with E-state index in [-0.39, 0.29) is 18.9 Å². The summed E-state index contributed by atoms with van der Waals surface area (Å²) in [5.41, 5.74) is -2.26. The molecular formula is C22H40N4O8. The highest BCUT2D eigenvalue weighted by atomic mass is 16.6. The molecule has 0 rings (SSSR count). The van der Waals surface area contributed by atoms with E-state index < -0.39 is 47.1 Å². The van der Waals surface area contributed by atoms with E-state index in [1.807, 2.05) is 0 Å². The summed E-state index contributed by atoms with van der Waals surface area (Å²) in [6, 6.07) is -1.13. The third kappa shape index (κ3) is 17.5. The number of nitrogens with one attached hydrogen (secondary N) is 3. The van der Waals surface area contributed by atoms with Crippen molar-refractivity contribution in [1.29, 1.82) is 0 Å². The first-order valence-corrected chi connectivity index (χ1v) is 11.0. The number of hydrogen-bond donors (Lipinski definition) is 4. The van der Waals surface area contributed by atoms with E-state index in [0.717, 1.165) is 0 Å². The van der Waals surface area contributed by atoms with Crippen LogP contribution in [0.5, 0.6) is 0 Å². The first-order chi connectivity index (χ1) is 15.3. The van der Waals surface area contributed by atoms with Crippen molar-refractivity contribution >= 4 is 30.2 Å². The van der Waals surface area contributed by atoms with Crippen molar-refractivity contribution in [3.05, 3.63) is 0 Å². The fourth-order valence-corrected chi connectivity index (χ4v) is 2.27. The van der Waals surface area contributed by atoms with Crippen molar-refractivity contribution in [3.63, 3.8) is 0 Å². The molecule has 0 bridgehead atoms. The number of guanidine groups is 1. The summed E-state index contributed by atoms with van der Waals surface area (Å²) < 4.78 is 15.4. The molecule has 0 saturated carbocycles. The molecule has 0 heterocycles. The quantitative estimate of drug-likeness (QED) is 0.183. The zero-order valence-corrected chi connectivity index (χ0v) is 21.7. The van der Waals surface area contributed by atoms with E-state index in [2.05, 4.69) is 20.9 Å². The highest BCUT2D eigenvalue weighted by molar-refractivity contribution is 6.01. The Balaban J connectivity index is 4.96. The molecule has 0 aliphatic carbocycles. The molecule has 0 aliphatic heterocycles. The fraction of sp³-hybridized carbons (Fsp3) is 0.773. The van der Waals surface area contributed by atoms with Crippen LogP contribution in [-0.2, 0) is 19.0 Å². The minimum absolute atomic E-state index is 0.137. The van der Waals surface area contributed by atoms with Gasteiger partial charge in [0.2, 0.25) is 5.96 Å². The van der Waals surface area contributed by atoms with Crippen LogP contribution in [0.2, 0.25) is 0 Å². The highest BCUT2D eigenvalue weighted by Crippen LogP contribution is 2.09. The number of carboxylic acid groups (broad SMARTS) is 1. The number of carbonyl (C=O) groups excluding carboxylic acids is 3. The molecule has 0 aromatic carbocycles. The second-order valence-electron chi connectivity index (χ2n) is 10.5. The predicted octanol–water partition coefficient (Wildman–Crippen LogP) is 3.54. The second-order valence-corrected chi connectivity index (χ2v) is 10.5. The lowest BCUT2D eigenvalue weighted by atomic mass is 10.1. The van der Waals surface area contributed by atoms with Gasteiger partial charge < -0.3 is 24.6 Å². The molecule has 12 heteroatoms. The van der Waals surface area contributed by atoms with Gasteiger partial charge in [0.05, 0.1) is 0 Å². The Bertz CT molecular complexity index is 713. The molecule has 0 fully saturated rings.